The summed E-state index contributed by atoms with van der Waals surface area (Å²) in [6.45, 7) is 1.93. The normalized spacial score (nSPS) is 12.6. The summed E-state index contributed by atoms with van der Waals surface area (Å²) in [6.07, 6.45) is 0.407. The van der Waals surface area contributed by atoms with Crippen molar-refractivity contribution in [3.63, 3.8) is 0 Å². The van der Waals surface area contributed by atoms with Gasteiger partial charge in [-0.15, -0.1) is 11.6 Å². The van der Waals surface area contributed by atoms with Gasteiger partial charge in [-0.1, -0.05) is 24.3 Å². The molecule has 0 fully saturated rings. The van der Waals surface area contributed by atoms with E-state index in [1.807, 2.05) is 37.3 Å². The molecular formula is C13H13ClN2O. The highest BCUT2D eigenvalue weighted by molar-refractivity contribution is 6.30. The number of aryl methyl sites for hydroxylation is 1. The molecule has 0 aliphatic heterocycles. The van der Waals surface area contributed by atoms with Gasteiger partial charge >= 0.3 is 0 Å². The topological polar surface area (TPSA) is 56.0 Å². The number of nitrogens with two attached hydrogens (primary N) is 1. The van der Waals surface area contributed by atoms with Gasteiger partial charge in [-0.2, -0.15) is 0 Å². The predicted molar refractivity (Wildman–Crippen MR) is 69.0 cm³/mol. The van der Waals surface area contributed by atoms with E-state index < -0.39 is 11.3 Å². The molecule has 17 heavy (non-hydrogen) atoms. The number of hydrogen-bond donors (Lipinski definition) is 1. The van der Waals surface area contributed by atoms with Crippen molar-refractivity contribution < 1.29 is 4.79 Å². The molecule has 2 N–H and O–H groups in total. The van der Waals surface area contributed by atoms with Gasteiger partial charge in [-0.25, -0.2) is 0 Å². The fourth-order valence-corrected chi connectivity index (χ4v) is 1.93. The van der Waals surface area contributed by atoms with Crippen molar-refractivity contribution in [1.29, 1.82) is 0 Å². The molecule has 2 rings (SSSR count). The van der Waals surface area contributed by atoms with Crippen LogP contribution in [0.5, 0.6) is 0 Å². The SMILES string of the molecule is Cc1ccc2cccc(CC(Cl)C(N)=O)c2n1. The Labute approximate surface area is 105 Å². The molecule has 0 aliphatic rings. The van der Waals surface area contributed by atoms with Crippen LogP contribution in [0.15, 0.2) is 30.3 Å². The predicted octanol–water partition coefficient (Wildman–Crippen LogP) is 2.18. The van der Waals surface area contributed by atoms with Crippen molar-refractivity contribution in [1.82, 2.24) is 4.98 Å². The number of nitrogens with zero attached hydrogens (tertiary/aromatic N) is 1. The second-order valence-electron chi connectivity index (χ2n) is 4.02. The van der Waals surface area contributed by atoms with Crippen molar-refractivity contribution in [3.05, 3.63) is 41.6 Å². The molecule has 1 heterocycles. The number of carbonyl (C=O) groups is 1. The number of rotatable bonds is 3. The maximum atomic E-state index is 11.0. The monoisotopic (exact) mass is 248 g/mol. The molecule has 2 aromatic rings. The minimum Gasteiger partial charge on any atom is -0.368 e. The number of carbonyl (C=O) groups excluding carboxylic acids is 1. The number of para-hydroxylation sites is 1. The van der Waals surface area contributed by atoms with Crippen molar-refractivity contribution >= 4 is 28.4 Å². The van der Waals surface area contributed by atoms with E-state index in [0.29, 0.717) is 6.42 Å². The Morgan fingerprint density at radius 3 is 2.88 bits per heavy atom. The number of fused-ring (bicyclic) bond motifs is 1. The summed E-state index contributed by atoms with van der Waals surface area (Å²) in [5.74, 6) is -0.503. The maximum absolute atomic E-state index is 11.0. The van der Waals surface area contributed by atoms with Gasteiger partial charge in [0.25, 0.3) is 0 Å². The quantitative estimate of drug-likeness (QED) is 0.847. The van der Waals surface area contributed by atoms with Gasteiger partial charge in [0.1, 0.15) is 5.38 Å². The highest BCUT2D eigenvalue weighted by atomic mass is 35.5. The fraction of sp³-hybridized carbons (Fsp3) is 0.231. The average Bonchev–Trinajstić information content (AvgIpc) is 2.29. The third-order valence-electron chi connectivity index (χ3n) is 2.65. The summed E-state index contributed by atoms with van der Waals surface area (Å²) in [4.78, 5) is 15.5. The van der Waals surface area contributed by atoms with Crippen LogP contribution in [0.3, 0.4) is 0 Å². The van der Waals surface area contributed by atoms with Gasteiger partial charge in [0, 0.05) is 11.1 Å². The van der Waals surface area contributed by atoms with Crippen LogP contribution in [-0.2, 0) is 11.2 Å². The Morgan fingerprint density at radius 2 is 2.18 bits per heavy atom. The van der Waals surface area contributed by atoms with E-state index in [2.05, 4.69) is 4.98 Å². The number of benzene rings is 1. The summed E-state index contributed by atoms with van der Waals surface area (Å²) in [7, 11) is 0. The minimum atomic E-state index is -0.692. The molecule has 1 aromatic carbocycles. The molecule has 0 spiro atoms. The number of pyridine rings is 1. The van der Waals surface area contributed by atoms with Gasteiger partial charge < -0.3 is 5.73 Å². The second-order valence-corrected chi connectivity index (χ2v) is 4.54. The third kappa shape index (κ3) is 2.56. The lowest BCUT2D eigenvalue weighted by Crippen LogP contribution is -2.25. The molecule has 4 heteroatoms. The molecule has 0 bridgehead atoms. The average molecular weight is 249 g/mol. The van der Waals surface area contributed by atoms with E-state index >= 15 is 0 Å². The van der Waals surface area contributed by atoms with Crippen LogP contribution < -0.4 is 5.73 Å². The maximum Gasteiger partial charge on any atom is 0.235 e. The van der Waals surface area contributed by atoms with Crippen LogP contribution in [0.25, 0.3) is 10.9 Å². The first-order chi connectivity index (χ1) is 8.08. The summed E-state index contributed by atoms with van der Waals surface area (Å²) in [6, 6.07) is 9.80. The second kappa shape index (κ2) is 4.72. The molecule has 1 aromatic heterocycles. The van der Waals surface area contributed by atoms with E-state index in [0.717, 1.165) is 22.2 Å². The number of primary amides is 1. The summed E-state index contributed by atoms with van der Waals surface area (Å²) in [5, 5.41) is 0.351. The molecule has 0 aliphatic carbocycles. The van der Waals surface area contributed by atoms with E-state index in [-0.39, 0.29) is 0 Å². The van der Waals surface area contributed by atoms with E-state index in [1.54, 1.807) is 0 Å². The van der Waals surface area contributed by atoms with Crippen molar-refractivity contribution in [3.8, 4) is 0 Å². The molecular weight excluding hydrogens is 236 g/mol. The van der Waals surface area contributed by atoms with Crippen molar-refractivity contribution in [2.75, 3.05) is 0 Å². The molecule has 0 radical (unpaired) electrons. The van der Waals surface area contributed by atoms with Crippen LogP contribution in [-0.4, -0.2) is 16.3 Å². The first kappa shape index (κ1) is 11.9. The first-order valence-electron chi connectivity index (χ1n) is 5.36. The highest BCUT2D eigenvalue weighted by Crippen LogP contribution is 2.19. The Kier molecular flexibility index (Phi) is 3.29. The number of amides is 1. The van der Waals surface area contributed by atoms with Gasteiger partial charge in [-0.05, 0) is 25.0 Å². The summed E-state index contributed by atoms with van der Waals surface area (Å²) >= 11 is 5.89. The molecule has 1 unspecified atom stereocenters. The molecule has 0 saturated heterocycles. The zero-order valence-electron chi connectivity index (χ0n) is 9.48. The summed E-state index contributed by atoms with van der Waals surface area (Å²) in [5.41, 5.74) is 7.94. The standard InChI is InChI=1S/C13H13ClN2O/c1-8-5-6-9-3-2-4-10(12(9)16-8)7-11(14)13(15)17/h2-6,11H,7H2,1H3,(H2,15,17). The lowest BCUT2D eigenvalue weighted by molar-refractivity contribution is -0.117. The molecule has 1 amide bonds. The lowest BCUT2D eigenvalue weighted by atomic mass is 10.0. The largest absolute Gasteiger partial charge is 0.368 e. The van der Waals surface area contributed by atoms with Gasteiger partial charge in [0.2, 0.25) is 5.91 Å². The highest BCUT2D eigenvalue weighted by Gasteiger charge is 2.14. The smallest absolute Gasteiger partial charge is 0.235 e. The number of aromatic nitrogens is 1. The van der Waals surface area contributed by atoms with Gasteiger partial charge in [-0.3, -0.25) is 9.78 Å². The number of alkyl halides is 1. The van der Waals surface area contributed by atoms with Crippen molar-refractivity contribution in [2.45, 2.75) is 18.7 Å². The molecule has 3 nitrogen and oxygen atoms in total. The molecule has 88 valence electrons. The molecule has 1 atom stereocenters. The Hall–Kier alpha value is -1.61. The van der Waals surface area contributed by atoms with Crippen LogP contribution in [0, 0.1) is 6.92 Å². The first-order valence-corrected chi connectivity index (χ1v) is 5.80. The zero-order chi connectivity index (χ0) is 12.4. The van der Waals surface area contributed by atoms with Crippen LogP contribution in [0.2, 0.25) is 0 Å². The number of hydrogen-bond acceptors (Lipinski definition) is 2. The van der Waals surface area contributed by atoms with E-state index in [4.69, 9.17) is 17.3 Å². The van der Waals surface area contributed by atoms with E-state index in [9.17, 15) is 4.79 Å². The van der Waals surface area contributed by atoms with E-state index in [1.165, 1.54) is 0 Å². The Balaban J connectivity index is 2.46. The Bertz CT molecular complexity index is 568. The molecule has 0 saturated carbocycles. The zero-order valence-corrected chi connectivity index (χ0v) is 10.2. The summed E-state index contributed by atoms with van der Waals surface area (Å²) < 4.78 is 0. The minimum absolute atomic E-state index is 0.407. The van der Waals surface area contributed by atoms with Crippen LogP contribution in [0.1, 0.15) is 11.3 Å². The fourth-order valence-electron chi connectivity index (χ4n) is 1.76. The van der Waals surface area contributed by atoms with Gasteiger partial charge in [0.05, 0.1) is 5.52 Å². The third-order valence-corrected chi connectivity index (χ3v) is 3.02. The lowest BCUT2D eigenvalue weighted by Gasteiger charge is -2.08. The van der Waals surface area contributed by atoms with Crippen LogP contribution in [0.4, 0.5) is 0 Å². The number of halogens is 1. The van der Waals surface area contributed by atoms with Gasteiger partial charge in [0.15, 0.2) is 0 Å². The Morgan fingerprint density at radius 1 is 1.41 bits per heavy atom. The van der Waals surface area contributed by atoms with Crippen molar-refractivity contribution in [2.24, 2.45) is 5.73 Å². The van der Waals surface area contributed by atoms with Crippen LogP contribution >= 0.6 is 11.6 Å².